The van der Waals surface area contributed by atoms with Gasteiger partial charge in [-0.05, 0) is 25.1 Å². The van der Waals surface area contributed by atoms with Gasteiger partial charge >= 0.3 is 5.97 Å². The summed E-state index contributed by atoms with van der Waals surface area (Å²) in [7, 11) is 0. The fraction of sp³-hybridized carbons (Fsp3) is 0.0870. The molecule has 1 amide bonds. The maximum atomic E-state index is 12.8. The molecule has 0 aromatic heterocycles. The second-order valence-electron chi connectivity index (χ2n) is 6.34. The number of nitrogens with one attached hydrogen (secondary N) is 1. The summed E-state index contributed by atoms with van der Waals surface area (Å²) in [5.74, 6) is -1.58. The van der Waals surface area contributed by atoms with Crippen LogP contribution in [0.25, 0.3) is 0 Å². The lowest BCUT2D eigenvalue weighted by molar-refractivity contribution is -0.119. The Hall–Kier alpha value is -3.44. The molecule has 6 heteroatoms. The quantitative estimate of drug-likeness (QED) is 0.476. The molecule has 3 aromatic carbocycles. The van der Waals surface area contributed by atoms with E-state index in [2.05, 4.69) is 5.32 Å². The number of benzene rings is 3. The number of amides is 1. The molecule has 0 radical (unpaired) electrons. The SMILES string of the molecule is Cc1ccc(C(=O)c2ccccc2C(=O)OCC(=O)Nc2ccccc2Cl)cc1. The Morgan fingerprint density at radius 2 is 1.48 bits per heavy atom. The van der Waals surface area contributed by atoms with Crippen molar-refractivity contribution in [1.29, 1.82) is 0 Å². The van der Waals surface area contributed by atoms with Crippen LogP contribution in [0.4, 0.5) is 5.69 Å². The highest BCUT2D eigenvalue weighted by atomic mass is 35.5. The van der Waals surface area contributed by atoms with E-state index < -0.39 is 18.5 Å². The van der Waals surface area contributed by atoms with Gasteiger partial charge in [0.05, 0.1) is 16.3 Å². The van der Waals surface area contributed by atoms with Crippen LogP contribution in [0, 0.1) is 6.92 Å². The number of rotatable bonds is 6. The Morgan fingerprint density at radius 1 is 0.862 bits per heavy atom. The number of ether oxygens (including phenoxy) is 1. The molecule has 0 saturated carbocycles. The number of hydrogen-bond donors (Lipinski definition) is 1. The highest BCUT2D eigenvalue weighted by Crippen LogP contribution is 2.20. The number of ketones is 1. The normalized spacial score (nSPS) is 10.3. The summed E-state index contributed by atoms with van der Waals surface area (Å²) in [5, 5.41) is 2.95. The van der Waals surface area contributed by atoms with Crippen LogP contribution in [0.5, 0.6) is 0 Å². The van der Waals surface area contributed by atoms with E-state index in [0.717, 1.165) is 5.56 Å². The van der Waals surface area contributed by atoms with Crippen LogP contribution in [0.1, 0.15) is 31.8 Å². The average molecular weight is 408 g/mol. The molecule has 0 aliphatic heterocycles. The van der Waals surface area contributed by atoms with Gasteiger partial charge in [0.25, 0.3) is 5.91 Å². The van der Waals surface area contributed by atoms with Crippen molar-refractivity contribution in [2.24, 2.45) is 0 Å². The van der Waals surface area contributed by atoms with Crippen LogP contribution in [0.15, 0.2) is 72.8 Å². The van der Waals surface area contributed by atoms with Crippen molar-refractivity contribution in [1.82, 2.24) is 0 Å². The van der Waals surface area contributed by atoms with Gasteiger partial charge in [0.2, 0.25) is 0 Å². The maximum Gasteiger partial charge on any atom is 0.339 e. The molecule has 0 unspecified atom stereocenters. The Kier molecular flexibility index (Phi) is 6.42. The lowest BCUT2D eigenvalue weighted by Gasteiger charge is -2.10. The number of aryl methyl sites for hydroxylation is 1. The summed E-state index contributed by atoms with van der Waals surface area (Å²) < 4.78 is 5.10. The molecule has 29 heavy (non-hydrogen) atoms. The maximum absolute atomic E-state index is 12.8. The minimum Gasteiger partial charge on any atom is -0.452 e. The van der Waals surface area contributed by atoms with E-state index in [-0.39, 0.29) is 16.9 Å². The van der Waals surface area contributed by atoms with Crippen LogP contribution in [-0.2, 0) is 9.53 Å². The number of hydrogen-bond acceptors (Lipinski definition) is 4. The van der Waals surface area contributed by atoms with E-state index in [0.29, 0.717) is 16.3 Å². The standard InChI is InChI=1S/C23H18ClNO4/c1-15-10-12-16(13-11-15)22(27)17-6-2-3-7-18(17)23(28)29-14-21(26)25-20-9-5-4-8-19(20)24/h2-13H,14H2,1H3,(H,25,26). The predicted octanol–water partition coefficient (Wildman–Crippen LogP) is 4.67. The molecule has 146 valence electrons. The highest BCUT2D eigenvalue weighted by molar-refractivity contribution is 6.33. The minimum atomic E-state index is -0.754. The van der Waals surface area contributed by atoms with Gasteiger partial charge in [-0.1, -0.05) is 71.8 Å². The third-order valence-corrected chi connectivity index (χ3v) is 4.52. The monoisotopic (exact) mass is 407 g/mol. The van der Waals surface area contributed by atoms with Gasteiger partial charge in [-0.2, -0.15) is 0 Å². The molecule has 3 rings (SSSR count). The summed E-state index contributed by atoms with van der Waals surface area (Å²) in [6.45, 7) is 1.42. The van der Waals surface area contributed by atoms with Crippen LogP contribution < -0.4 is 5.32 Å². The second-order valence-corrected chi connectivity index (χ2v) is 6.75. The first-order valence-electron chi connectivity index (χ1n) is 8.87. The lowest BCUT2D eigenvalue weighted by Crippen LogP contribution is -2.22. The van der Waals surface area contributed by atoms with E-state index >= 15 is 0 Å². The molecule has 0 aliphatic rings. The van der Waals surface area contributed by atoms with Crippen LogP contribution in [-0.4, -0.2) is 24.3 Å². The number of esters is 1. The smallest absolute Gasteiger partial charge is 0.339 e. The van der Waals surface area contributed by atoms with E-state index in [1.165, 1.54) is 6.07 Å². The van der Waals surface area contributed by atoms with Crippen LogP contribution >= 0.6 is 11.6 Å². The van der Waals surface area contributed by atoms with Gasteiger partial charge in [-0.25, -0.2) is 4.79 Å². The molecule has 0 aliphatic carbocycles. The largest absolute Gasteiger partial charge is 0.452 e. The van der Waals surface area contributed by atoms with Crippen LogP contribution in [0.2, 0.25) is 5.02 Å². The zero-order valence-electron chi connectivity index (χ0n) is 15.6. The topological polar surface area (TPSA) is 72.5 Å². The Balaban J connectivity index is 1.70. The van der Waals surface area contributed by atoms with E-state index in [1.807, 2.05) is 19.1 Å². The Labute approximate surface area is 173 Å². The second kappa shape index (κ2) is 9.17. The average Bonchev–Trinajstić information content (AvgIpc) is 2.74. The zero-order valence-corrected chi connectivity index (χ0v) is 16.4. The first-order chi connectivity index (χ1) is 14.0. The number of anilines is 1. The zero-order chi connectivity index (χ0) is 20.8. The molecule has 5 nitrogen and oxygen atoms in total. The van der Waals surface area contributed by atoms with Gasteiger partial charge in [-0.15, -0.1) is 0 Å². The van der Waals surface area contributed by atoms with Crippen molar-refractivity contribution in [2.75, 3.05) is 11.9 Å². The molecule has 0 bridgehead atoms. The van der Waals surface area contributed by atoms with Gasteiger partial charge in [0, 0.05) is 11.1 Å². The van der Waals surface area contributed by atoms with E-state index in [4.69, 9.17) is 16.3 Å². The third-order valence-electron chi connectivity index (χ3n) is 4.19. The Bertz CT molecular complexity index is 1060. The van der Waals surface area contributed by atoms with Gasteiger partial charge in [0.15, 0.2) is 12.4 Å². The lowest BCUT2D eigenvalue weighted by atomic mass is 9.98. The number of carbonyl (C=O) groups is 3. The molecule has 0 saturated heterocycles. The summed E-state index contributed by atoms with van der Waals surface area (Å²) in [6, 6.07) is 20.1. The fourth-order valence-electron chi connectivity index (χ4n) is 2.68. The minimum absolute atomic E-state index is 0.101. The van der Waals surface area contributed by atoms with E-state index in [9.17, 15) is 14.4 Å². The number of para-hydroxylation sites is 1. The first-order valence-corrected chi connectivity index (χ1v) is 9.25. The summed E-state index contributed by atoms with van der Waals surface area (Å²) in [6.07, 6.45) is 0. The molecule has 0 atom stereocenters. The van der Waals surface area contributed by atoms with E-state index in [1.54, 1.807) is 54.6 Å². The fourth-order valence-corrected chi connectivity index (χ4v) is 2.86. The molecule has 0 fully saturated rings. The van der Waals surface area contributed by atoms with Crippen molar-refractivity contribution in [3.63, 3.8) is 0 Å². The van der Waals surface area contributed by atoms with Crippen molar-refractivity contribution >= 4 is 34.9 Å². The summed E-state index contributed by atoms with van der Waals surface area (Å²) in [4.78, 5) is 37.4. The third kappa shape index (κ3) is 5.09. The summed E-state index contributed by atoms with van der Waals surface area (Å²) in [5.41, 5.74) is 2.23. The molecule has 0 spiro atoms. The Morgan fingerprint density at radius 3 is 2.17 bits per heavy atom. The molecular formula is C23H18ClNO4. The molecule has 1 N–H and O–H groups in total. The molecular weight excluding hydrogens is 390 g/mol. The van der Waals surface area contributed by atoms with Gasteiger partial charge in [-0.3, -0.25) is 9.59 Å². The predicted molar refractivity (Wildman–Crippen MR) is 111 cm³/mol. The highest BCUT2D eigenvalue weighted by Gasteiger charge is 2.20. The van der Waals surface area contributed by atoms with Crippen molar-refractivity contribution in [2.45, 2.75) is 6.92 Å². The number of carbonyl (C=O) groups excluding carboxylic acids is 3. The molecule has 3 aromatic rings. The van der Waals surface area contributed by atoms with Crippen LogP contribution in [0.3, 0.4) is 0 Å². The van der Waals surface area contributed by atoms with Crippen molar-refractivity contribution in [3.8, 4) is 0 Å². The van der Waals surface area contributed by atoms with Gasteiger partial charge in [0.1, 0.15) is 0 Å². The van der Waals surface area contributed by atoms with Crippen molar-refractivity contribution in [3.05, 3.63) is 100 Å². The number of halogens is 1. The first kappa shape index (κ1) is 20.3. The molecule has 0 heterocycles. The summed E-state index contributed by atoms with van der Waals surface area (Å²) >= 11 is 5.99. The van der Waals surface area contributed by atoms with Gasteiger partial charge < -0.3 is 10.1 Å². The van der Waals surface area contributed by atoms with Crippen molar-refractivity contribution < 1.29 is 19.1 Å².